The summed E-state index contributed by atoms with van der Waals surface area (Å²) in [5, 5.41) is 2.00. The van der Waals surface area contributed by atoms with Crippen LogP contribution in [0.4, 0.5) is 18.9 Å². The fraction of sp³-hybridized carbons (Fsp3) is 0.273. The largest absolute Gasteiger partial charge is 0.454 e. The van der Waals surface area contributed by atoms with Gasteiger partial charge < -0.3 is 10.1 Å². The summed E-state index contributed by atoms with van der Waals surface area (Å²) in [4.78, 5) is 52.5. The number of carbonyl (C=O) groups is 4. The molecule has 1 atom stereocenters. The summed E-state index contributed by atoms with van der Waals surface area (Å²) < 4.78 is 45.5. The van der Waals surface area contributed by atoms with Gasteiger partial charge in [-0.3, -0.25) is 19.3 Å². The van der Waals surface area contributed by atoms with E-state index in [1.807, 2.05) is 0 Å². The Labute approximate surface area is 246 Å². The lowest BCUT2D eigenvalue weighted by molar-refractivity contribution is -0.152. The molecular formula is C22H14Br4ClF3N2O5. The second-order valence-corrected chi connectivity index (χ2v) is 11.6. The number of ether oxygens (including phenoxy) is 1. The van der Waals surface area contributed by atoms with Crippen LogP contribution in [0, 0.1) is 5.92 Å². The Balaban J connectivity index is 1.80. The predicted octanol–water partition coefficient (Wildman–Crippen LogP) is 7.21. The molecule has 1 N–H and O–H groups in total. The Morgan fingerprint density at radius 1 is 1.00 bits per heavy atom. The van der Waals surface area contributed by atoms with Crippen molar-refractivity contribution in [1.82, 2.24) is 4.90 Å². The van der Waals surface area contributed by atoms with E-state index >= 15 is 0 Å². The van der Waals surface area contributed by atoms with Gasteiger partial charge in [0.25, 0.3) is 17.7 Å². The number of imide groups is 1. The topological polar surface area (TPSA) is 92.8 Å². The Morgan fingerprint density at radius 2 is 1.51 bits per heavy atom. The molecule has 2 aromatic rings. The average Bonchev–Trinajstić information content (AvgIpc) is 3.06. The van der Waals surface area contributed by atoms with Gasteiger partial charge in [0.1, 0.15) is 6.04 Å². The van der Waals surface area contributed by atoms with E-state index < -0.39 is 54.0 Å². The zero-order valence-electron chi connectivity index (χ0n) is 18.6. The number of carbonyl (C=O) groups excluding carboxylic acids is 4. The molecule has 0 radical (unpaired) electrons. The van der Waals surface area contributed by atoms with Crippen molar-refractivity contribution in [3.63, 3.8) is 0 Å². The molecule has 1 aliphatic heterocycles. The third-order valence-corrected chi connectivity index (χ3v) is 10.3. The van der Waals surface area contributed by atoms with Crippen molar-refractivity contribution in [3.8, 4) is 0 Å². The number of nitrogens with one attached hydrogen (secondary N) is 1. The normalized spacial score (nSPS) is 14.2. The number of hydrogen-bond acceptors (Lipinski definition) is 5. The second kappa shape index (κ2) is 11.3. The van der Waals surface area contributed by atoms with Crippen molar-refractivity contribution in [2.24, 2.45) is 5.92 Å². The van der Waals surface area contributed by atoms with Gasteiger partial charge in [-0.05, 0) is 87.8 Å². The first-order chi connectivity index (χ1) is 17.1. The zero-order valence-corrected chi connectivity index (χ0v) is 25.7. The molecule has 15 heteroatoms. The molecule has 2 aromatic carbocycles. The number of amides is 3. The first-order valence-corrected chi connectivity index (χ1v) is 13.7. The van der Waals surface area contributed by atoms with E-state index in [1.54, 1.807) is 13.8 Å². The van der Waals surface area contributed by atoms with Gasteiger partial charge >= 0.3 is 12.1 Å². The quantitative estimate of drug-likeness (QED) is 0.145. The summed E-state index contributed by atoms with van der Waals surface area (Å²) in [6, 6.07) is 0.967. The minimum atomic E-state index is -4.66. The van der Waals surface area contributed by atoms with Crippen LogP contribution in [0.25, 0.3) is 0 Å². The molecule has 0 bridgehead atoms. The average molecular weight is 798 g/mol. The number of rotatable bonds is 6. The third-order valence-electron chi connectivity index (χ3n) is 5.20. The molecule has 0 saturated heterocycles. The van der Waals surface area contributed by atoms with Gasteiger partial charge in [0.15, 0.2) is 6.61 Å². The molecule has 0 aromatic heterocycles. The summed E-state index contributed by atoms with van der Waals surface area (Å²) in [5.41, 5.74) is -1.31. The number of nitrogens with zero attached hydrogens (tertiary/aromatic N) is 1. The molecule has 0 aliphatic carbocycles. The number of hydrogen-bond donors (Lipinski definition) is 1. The van der Waals surface area contributed by atoms with E-state index in [9.17, 15) is 32.3 Å². The molecule has 1 aliphatic rings. The molecule has 198 valence electrons. The predicted molar refractivity (Wildman–Crippen MR) is 142 cm³/mol. The maximum atomic E-state index is 13.2. The Kier molecular flexibility index (Phi) is 9.20. The van der Waals surface area contributed by atoms with Gasteiger partial charge in [-0.15, -0.1) is 0 Å². The lowest BCUT2D eigenvalue weighted by atomic mass is 10.0. The fourth-order valence-corrected chi connectivity index (χ4v) is 6.12. The van der Waals surface area contributed by atoms with E-state index in [2.05, 4.69) is 69.0 Å². The molecule has 37 heavy (non-hydrogen) atoms. The number of anilines is 1. The van der Waals surface area contributed by atoms with Crippen molar-refractivity contribution < 1.29 is 37.1 Å². The minimum Gasteiger partial charge on any atom is -0.454 e. The number of fused-ring (bicyclic) bond motifs is 1. The molecule has 0 fully saturated rings. The van der Waals surface area contributed by atoms with Crippen molar-refractivity contribution in [3.05, 3.63) is 57.8 Å². The van der Waals surface area contributed by atoms with E-state index in [0.29, 0.717) is 24.0 Å². The monoisotopic (exact) mass is 794 g/mol. The summed E-state index contributed by atoms with van der Waals surface area (Å²) in [7, 11) is 0. The molecule has 0 spiro atoms. The van der Waals surface area contributed by atoms with Gasteiger partial charge in [0, 0.05) is 17.9 Å². The lowest BCUT2D eigenvalue weighted by Gasteiger charge is -2.27. The van der Waals surface area contributed by atoms with E-state index in [0.717, 1.165) is 17.0 Å². The van der Waals surface area contributed by atoms with Crippen molar-refractivity contribution >= 4 is 105 Å². The van der Waals surface area contributed by atoms with Crippen LogP contribution >= 0.6 is 75.3 Å². The molecule has 7 nitrogen and oxygen atoms in total. The SMILES string of the molecule is CC(C)[C@H](C(=O)OCC(=O)Nc1cc(C(F)(F)F)ccc1Cl)N1C(=O)c2c(Br)c(Br)c(Br)c(Br)c2C1=O. The Hall–Kier alpha value is -1.48. The van der Waals surface area contributed by atoms with Crippen molar-refractivity contribution in [2.75, 3.05) is 11.9 Å². The Morgan fingerprint density at radius 3 is 1.97 bits per heavy atom. The lowest BCUT2D eigenvalue weighted by Crippen LogP contribution is -2.49. The van der Waals surface area contributed by atoms with Crippen LogP contribution in [0.2, 0.25) is 5.02 Å². The fourth-order valence-electron chi connectivity index (χ4n) is 3.50. The zero-order chi connectivity index (χ0) is 28.0. The highest BCUT2D eigenvalue weighted by atomic mass is 79.9. The highest BCUT2D eigenvalue weighted by Crippen LogP contribution is 2.46. The number of benzene rings is 2. The van der Waals surface area contributed by atoms with Gasteiger partial charge in [-0.25, -0.2) is 4.79 Å². The molecule has 1 heterocycles. The Bertz CT molecular complexity index is 1290. The molecule has 0 saturated carbocycles. The highest BCUT2D eigenvalue weighted by Gasteiger charge is 2.48. The van der Waals surface area contributed by atoms with Crippen LogP contribution in [0.5, 0.6) is 0 Å². The summed E-state index contributed by atoms with van der Waals surface area (Å²) >= 11 is 19.1. The standard InChI is InChI=1S/C22H14Br4ClF3N2O5/c1-7(2)18(32-19(34)12-13(20(32)35)15(24)17(26)16(25)14(12)23)21(36)37-6-11(33)31-10-5-8(22(28,29)30)3-4-9(10)27/h3-5,7,18H,6H2,1-2H3,(H,31,33)/t18-/m1/s1. The van der Waals surface area contributed by atoms with Gasteiger partial charge in [0.2, 0.25) is 0 Å². The minimum absolute atomic E-state index is 0.0299. The maximum Gasteiger partial charge on any atom is 0.416 e. The number of esters is 1. The first-order valence-electron chi connectivity index (χ1n) is 10.1. The number of halogens is 8. The van der Waals surface area contributed by atoms with E-state index in [4.69, 9.17) is 16.3 Å². The van der Waals surface area contributed by atoms with Crippen molar-refractivity contribution in [1.29, 1.82) is 0 Å². The van der Waals surface area contributed by atoms with Crippen LogP contribution in [0.3, 0.4) is 0 Å². The molecular weight excluding hydrogens is 784 g/mol. The third kappa shape index (κ3) is 5.92. The summed E-state index contributed by atoms with van der Waals surface area (Å²) in [6.45, 7) is 2.25. The van der Waals surface area contributed by atoms with E-state index in [1.165, 1.54) is 0 Å². The maximum absolute atomic E-state index is 13.2. The van der Waals surface area contributed by atoms with E-state index in [-0.39, 0.29) is 21.8 Å². The number of alkyl halides is 3. The smallest absolute Gasteiger partial charge is 0.416 e. The van der Waals surface area contributed by atoms with Gasteiger partial charge in [-0.1, -0.05) is 25.4 Å². The van der Waals surface area contributed by atoms with Crippen LogP contribution in [0.1, 0.15) is 40.1 Å². The van der Waals surface area contributed by atoms with Crippen LogP contribution in [-0.2, 0) is 20.5 Å². The van der Waals surface area contributed by atoms with Crippen LogP contribution in [0.15, 0.2) is 36.1 Å². The van der Waals surface area contributed by atoms with Crippen LogP contribution < -0.4 is 5.32 Å². The second-order valence-electron chi connectivity index (χ2n) is 8.02. The highest BCUT2D eigenvalue weighted by molar-refractivity contribution is 9.15. The molecule has 0 unspecified atom stereocenters. The first kappa shape index (κ1) is 30.1. The van der Waals surface area contributed by atoms with Gasteiger partial charge in [0.05, 0.1) is 27.4 Å². The molecule has 3 rings (SSSR count). The van der Waals surface area contributed by atoms with Crippen LogP contribution in [-0.4, -0.2) is 41.2 Å². The molecule has 3 amide bonds. The van der Waals surface area contributed by atoms with Crippen molar-refractivity contribution in [2.45, 2.75) is 26.1 Å². The summed E-state index contributed by atoms with van der Waals surface area (Å²) in [6.07, 6.45) is -4.66. The summed E-state index contributed by atoms with van der Waals surface area (Å²) in [5.74, 6) is -4.15. The van der Waals surface area contributed by atoms with Gasteiger partial charge in [-0.2, -0.15) is 13.2 Å².